The van der Waals surface area contributed by atoms with Crippen molar-refractivity contribution in [1.82, 2.24) is 5.01 Å². The summed E-state index contributed by atoms with van der Waals surface area (Å²) in [6, 6.07) is 10.3. The van der Waals surface area contributed by atoms with Gasteiger partial charge in [-0.25, -0.2) is 9.80 Å². The van der Waals surface area contributed by atoms with Crippen LogP contribution in [-0.4, -0.2) is 34.1 Å². The van der Waals surface area contributed by atoms with Gasteiger partial charge in [0.25, 0.3) is 11.6 Å². The molecule has 1 fully saturated rings. The van der Waals surface area contributed by atoms with Crippen molar-refractivity contribution in [3.63, 3.8) is 0 Å². The lowest BCUT2D eigenvalue weighted by molar-refractivity contribution is -0.383. The third-order valence-electron chi connectivity index (χ3n) is 6.24. The van der Waals surface area contributed by atoms with Crippen LogP contribution in [-0.2, 0) is 9.53 Å². The van der Waals surface area contributed by atoms with Crippen LogP contribution >= 0.6 is 0 Å². The normalized spacial score (nSPS) is 20.2. The topological polar surface area (TPSA) is 154 Å². The molecule has 11 heteroatoms. The summed E-state index contributed by atoms with van der Waals surface area (Å²) in [6.07, 6.45) is 7.54. The van der Waals surface area contributed by atoms with Gasteiger partial charge in [-0.15, -0.1) is 0 Å². The maximum absolute atomic E-state index is 13.2. The van der Waals surface area contributed by atoms with Crippen molar-refractivity contribution in [1.29, 1.82) is 0 Å². The number of allylic oxidation sites excluding steroid dienone is 1. The second-order valence-electron chi connectivity index (χ2n) is 8.47. The molecule has 36 heavy (non-hydrogen) atoms. The van der Waals surface area contributed by atoms with Crippen molar-refractivity contribution in [3.8, 4) is 0 Å². The van der Waals surface area contributed by atoms with Crippen LogP contribution in [0.5, 0.6) is 0 Å². The number of fused-ring (bicyclic) bond motifs is 1. The van der Waals surface area contributed by atoms with Gasteiger partial charge in [-0.2, -0.15) is 5.10 Å². The molecule has 2 aromatic heterocycles. The molecule has 0 saturated heterocycles. The molecular weight excluding hydrogens is 468 g/mol. The van der Waals surface area contributed by atoms with E-state index < -0.39 is 35.1 Å². The van der Waals surface area contributed by atoms with E-state index in [1.165, 1.54) is 23.4 Å². The van der Waals surface area contributed by atoms with Crippen molar-refractivity contribution < 1.29 is 28.1 Å². The summed E-state index contributed by atoms with van der Waals surface area (Å²) in [6.45, 7) is -0.602. The molecule has 2 aliphatic rings. The lowest BCUT2D eigenvalue weighted by atomic mass is 9.79. The van der Waals surface area contributed by atoms with Gasteiger partial charge in [0.05, 0.1) is 28.7 Å². The zero-order valence-corrected chi connectivity index (χ0v) is 19.0. The molecule has 1 saturated carbocycles. The number of esters is 1. The Hall–Kier alpha value is -4.67. The molecule has 11 nitrogen and oxygen atoms in total. The van der Waals surface area contributed by atoms with Gasteiger partial charge in [0.15, 0.2) is 6.61 Å². The van der Waals surface area contributed by atoms with Gasteiger partial charge < -0.3 is 19.3 Å². The molecule has 1 aliphatic carbocycles. The molecule has 0 bridgehead atoms. The molecule has 2 atom stereocenters. The molecule has 3 aromatic rings. The molecule has 0 radical (unpaired) electrons. The van der Waals surface area contributed by atoms with E-state index in [4.69, 9.17) is 19.3 Å². The highest BCUT2D eigenvalue weighted by atomic mass is 16.6. The van der Waals surface area contributed by atoms with Crippen molar-refractivity contribution in [3.05, 3.63) is 87.8 Å². The third kappa shape index (κ3) is 4.38. The molecule has 184 valence electrons. The van der Waals surface area contributed by atoms with Gasteiger partial charge in [-0.3, -0.25) is 14.9 Å². The number of ether oxygens (including phenoxy) is 1. The number of nitro groups is 1. The number of amides is 1. The molecule has 1 amide bonds. The Balaban J connectivity index is 1.38. The van der Waals surface area contributed by atoms with E-state index in [-0.39, 0.29) is 17.2 Å². The number of carbonyl (C=O) groups excluding carboxylic acids is 2. The van der Waals surface area contributed by atoms with Crippen LogP contribution in [0.15, 0.2) is 74.5 Å². The van der Waals surface area contributed by atoms with Crippen LogP contribution in [0.1, 0.15) is 47.2 Å². The van der Waals surface area contributed by atoms with Crippen LogP contribution in [0.4, 0.5) is 11.4 Å². The fourth-order valence-corrected chi connectivity index (χ4v) is 4.60. The summed E-state index contributed by atoms with van der Waals surface area (Å²) in [5.41, 5.74) is 6.74. The highest BCUT2D eigenvalue weighted by Gasteiger charge is 2.45. The zero-order valence-electron chi connectivity index (χ0n) is 19.0. The van der Waals surface area contributed by atoms with Gasteiger partial charge in [0.1, 0.15) is 23.2 Å². The minimum atomic E-state index is -0.885. The number of rotatable bonds is 6. The Morgan fingerprint density at radius 1 is 1.22 bits per heavy atom. The van der Waals surface area contributed by atoms with E-state index in [1.807, 2.05) is 12.1 Å². The standard InChI is InChI=1S/C25H22N4O7/c26-19-9-8-16(13-20(19)29(32)33)25(31)36-14-22(30)28-24(21-7-3-11-35-21)18-6-1-4-15(23(18)27-28)12-17-5-2-10-34-17/h2-3,5,7-13,18,24H,1,4,6,14,26H2. The quantitative estimate of drug-likeness (QED) is 0.232. The van der Waals surface area contributed by atoms with Crippen LogP contribution in [0.25, 0.3) is 6.08 Å². The van der Waals surface area contributed by atoms with Crippen LogP contribution in [0.2, 0.25) is 0 Å². The number of nitro benzene ring substituents is 1. The lowest BCUT2D eigenvalue weighted by Crippen LogP contribution is -2.34. The maximum Gasteiger partial charge on any atom is 0.338 e. The Bertz CT molecular complexity index is 1360. The summed E-state index contributed by atoms with van der Waals surface area (Å²) in [5, 5.41) is 17.1. The molecular formula is C25H22N4O7. The van der Waals surface area contributed by atoms with E-state index in [2.05, 4.69) is 5.10 Å². The SMILES string of the molecule is Nc1ccc(C(=O)OCC(=O)N2N=C3C(=Cc4ccco4)CCCC3C2c2ccco2)cc1[N+](=O)[O-]. The van der Waals surface area contributed by atoms with E-state index in [9.17, 15) is 19.7 Å². The van der Waals surface area contributed by atoms with Crippen LogP contribution in [0, 0.1) is 16.0 Å². The first-order valence-corrected chi connectivity index (χ1v) is 11.3. The summed E-state index contributed by atoms with van der Waals surface area (Å²) in [5.74, 6) is -0.255. The number of benzene rings is 1. The van der Waals surface area contributed by atoms with E-state index in [1.54, 1.807) is 24.5 Å². The molecule has 2 N–H and O–H groups in total. The van der Waals surface area contributed by atoms with Gasteiger partial charge in [-0.05, 0) is 67.3 Å². The predicted molar refractivity (Wildman–Crippen MR) is 128 cm³/mol. The molecule has 1 aromatic carbocycles. The fraction of sp³-hybridized carbons (Fsp3) is 0.240. The average molecular weight is 490 g/mol. The first-order valence-electron chi connectivity index (χ1n) is 11.3. The van der Waals surface area contributed by atoms with Crippen molar-refractivity contribution in [2.75, 3.05) is 12.3 Å². The minimum absolute atomic E-state index is 0.0807. The maximum atomic E-state index is 13.2. The monoisotopic (exact) mass is 490 g/mol. The predicted octanol–water partition coefficient (Wildman–Crippen LogP) is 4.34. The number of nitrogen functional groups attached to an aromatic ring is 1. The molecule has 2 unspecified atom stereocenters. The van der Waals surface area contributed by atoms with Crippen molar-refractivity contribution >= 4 is 35.0 Å². The Labute approximate surface area is 205 Å². The summed E-state index contributed by atoms with van der Waals surface area (Å²) in [4.78, 5) is 36.1. The number of anilines is 1. The Morgan fingerprint density at radius 3 is 2.75 bits per heavy atom. The number of furan rings is 2. The van der Waals surface area contributed by atoms with Crippen molar-refractivity contribution in [2.45, 2.75) is 25.3 Å². The van der Waals surface area contributed by atoms with E-state index in [0.717, 1.165) is 36.6 Å². The fourth-order valence-electron chi connectivity index (χ4n) is 4.60. The first kappa shape index (κ1) is 23.1. The minimum Gasteiger partial charge on any atom is -0.467 e. The van der Waals surface area contributed by atoms with E-state index in [0.29, 0.717) is 11.5 Å². The molecule has 0 spiro atoms. The zero-order chi connectivity index (χ0) is 25.2. The highest BCUT2D eigenvalue weighted by Crippen LogP contribution is 2.44. The summed E-state index contributed by atoms with van der Waals surface area (Å²) in [7, 11) is 0. The lowest BCUT2D eigenvalue weighted by Gasteiger charge is -2.27. The van der Waals surface area contributed by atoms with Gasteiger partial charge >= 0.3 is 5.97 Å². The second kappa shape index (κ2) is 9.53. The second-order valence-corrected chi connectivity index (χ2v) is 8.47. The van der Waals surface area contributed by atoms with E-state index >= 15 is 0 Å². The smallest absolute Gasteiger partial charge is 0.338 e. The highest BCUT2D eigenvalue weighted by molar-refractivity contribution is 6.08. The van der Waals surface area contributed by atoms with Crippen LogP contribution < -0.4 is 5.73 Å². The van der Waals surface area contributed by atoms with Gasteiger partial charge in [0, 0.05) is 12.0 Å². The van der Waals surface area contributed by atoms with Gasteiger partial charge in [0.2, 0.25) is 0 Å². The molecule has 3 heterocycles. The largest absolute Gasteiger partial charge is 0.467 e. The average Bonchev–Trinajstić information content (AvgIpc) is 3.63. The Morgan fingerprint density at radius 2 is 2.03 bits per heavy atom. The third-order valence-corrected chi connectivity index (χ3v) is 6.24. The van der Waals surface area contributed by atoms with Crippen molar-refractivity contribution in [2.24, 2.45) is 11.0 Å². The summed E-state index contributed by atoms with van der Waals surface area (Å²) >= 11 is 0. The summed E-state index contributed by atoms with van der Waals surface area (Å²) < 4.78 is 16.3. The van der Waals surface area contributed by atoms with Crippen LogP contribution in [0.3, 0.4) is 0 Å². The molecule has 5 rings (SSSR count). The number of carbonyl (C=O) groups is 2. The number of nitrogens with zero attached hydrogens (tertiary/aromatic N) is 3. The number of hydrazone groups is 1. The first-order chi connectivity index (χ1) is 17.4. The molecule has 1 aliphatic heterocycles. The number of nitrogens with two attached hydrogens (primary N) is 1. The Kier molecular flexibility index (Phi) is 6.11. The number of hydrogen-bond donors (Lipinski definition) is 1. The number of hydrogen-bond acceptors (Lipinski definition) is 9. The van der Waals surface area contributed by atoms with Gasteiger partial charge in [-0.1, -0.05) is 0 Å².